The van der Waals surface area contributed by atoms with Crippen molar-refractivity contribution in [1.82, 2.24) is 4.90 Å². The van der Waals surface area contributed by atoms with Gasteiger partial charge in [-0.25, -0.2) is 0 Å². The molecule has 2 nitrogen and oxygen atoms in total. The predicted octanol–water partition coefficient (Wildman–Crippen LogP) is 2.38. The molecule has 0 amide bonds. The number of rotatable bonds is 2. The molecule has 2 N–H and O–H groups in total. The lowest BCUT2D eigenvalue weighted by molar-refractivity contribution is 0.105. The minimum Gasteiger partial charge on any atom is -0.327 e. The third-order valence-corrected chi connectivity index (χ3v) is 4.40. The Hall–Kier alpha value is -0.0800. The Morgan fingerprint density at radius 2 is 1.87 bits per heavy atom. The molecule has 2 heteroatoms. The van der Waals surface area contributed by atoms with Gasteiger partial charge in [0.2, 0.25) is 0 Å². The van der Waals surface area contributed by atoms with Crippen LogP contribution < -0.4 is 5.73 Å². The van der Waals surface area contributed by atoms with Crippen molar-refractivity contribution < 1.29 is 0 Å². The van der Waals surface area contributed by atoms with Crippen LogP contribution >= 0.6 is 0 Å². The normalized spacial score (nSPS) is 39.2. The number of nitrogens with two attached hydrogens (primary N) is 1. The average molecular weight is 210 g/mol. The van der Waals surface area contributed by atoms with Crippen molar-refractivity contribution in [3.8, 4) is 0 Å². The first-order valence-corrected chi connectivity index (χ1v) is 6.79. The summed E-state index contributed by atoms with van der Waals surface area (Å²) in [5, 5.41) is 0. The van der Waals surface area contributed by atoms with Gasteiger partial charge in [0, 0.05) is 18.6 Å². The lowest BCUT2D eigenvalue weighted by atomic mass is 9.83. The molecule has 0 aromatic rings. The van der Waals surface area contributed by atoms with Gasteiger partial charge >= 0.3 is 0 Å². The number of hydrogen-bond donors (Lipinski definition) is 1. The Balaban J connectivity index is 1.79. The van der Waals surface area contributed by atoms with Crippen molar-refractivity contribution in [3.63, 3.8) is 0 Å². The number of nitrogens with zero attached hydrogens (tertiary/aromatic N) is 1. The number of piperidine rings is 1. The Bertz CT molecular complexity index is 185. The molecule has 0 unspecified atom stereocenters. The van der Waals surface area contributed by atoms with Crippen molar-refractivity contribution in [1.29, 1.82) is 0 Å². The van der Waals surface area contributed by atoms with Crippen LogP contribution in [0.15, 0.2) is 0 Å². The number of likely N-dealkylation sites (tertiary alicyclic amines) is 1. The highest BCUT2D eigenvalue weighted by atomic mass is 15.2. The van der Waals surface area contributed by atoms with E-state index in [9.17, 15) is 0 Å². The molecule has 1 saturated carbocycles. The average Bonchev–Trinajstić information content (AvgIpc) is 2.29. The maximum atomic E-state index is 6.04. The van der Waals surface area contributed by atoms with Crippen LogP contribution in [0.1, 0.15) is 51.9 Å². The van der Waals surface area contributed by atoms with Crippen molar-refractivity contribution in [2.24, 2.45) is 11.7 Å². The monoisotopic (exact) mass is 210 g/mol. The second-order valence-electron chi connectivity index (χ2n) is 5.48. The van der Waals surface area contributed by atoms with Gasteiger partial charge in [-0.3, -0.25) is 4.90 Å². The van der Waals surface area contributed by atoms with Crippen LogP contribution in [0.4, 0.5) is 0 Å². The molecular weight excluding hydrogens is 184 g/mol. The Labute approximate surface area is 94.2 Å². The summed E-state index contributed by atoms with van der Waals surface area (Å²) in [6, 6.07) is 1.31. The quantitative estimate of drug-likeness (QED) is 0.758. The molecule has 88 valence electrons. The molecule has 0 bridgehead atoms. The van der Waals surface area contributed by atoms with E-state index in [0.29, 0.717) is 6.04 Å². The van der Waals surface area contributed by atoms with Gasteiger partial charge in [-0.2, -0.15) is 0 Å². The molecular formula is C13H26N2. The zero-order chi connectivity index (χ0) is 10.7. The number of hydrogen-bond acceptors (Lipinski definition) is 2. The zero-order valence-electron chi connectivity index (χ0n) is 10.1. The van der Waals surface area contributed by atoms with Gasteiger partial charge in [0.15, 0.2) is 0 Å². The standard InChI is InChI=1S/C13H26N2/c1-2-11-5-7-13(8-6-11)15-9-3-4-12(14)10-15/h11-13H,2-10,14H2,1H3/t11?,12-,13?/m1/s1. The molecule has 0 spiro atoms. The van der Waals surface area contributed by atoms with E-state index >= 15 is 0 Å². The van der Waals surface area contributed by atoms with E-state index in [1.807, 2.05) is 0 Å². The first-order valence-electron chi connectivity index (χ1n) is 6.79. The van der Waals surface area contributed by atoms with Gasteiger partial charge < -0.3 is 5.73 Å². The fourth-order valence-electron chi connectivity index (χ4n) is 3.29. The van der Waals surface area contributed by atoms with Crippen LogP contribution in [0.25, 0.3) is 0 Å². The second kappa shape index (κ2) is 5.31. The summed E-state index contributed by atoms with van der Waals surface area (Å²) in [6.45, 7) is 4.79. The topological polar surface area (TPSA) is 29.3 Å². The minimum atomic E-state index is 0.447. The van der Waals surface area contributed by atoms with E-state index in [1.165, 1.54) is 51.5 Å². The SMILES string of the molecule is CCC1CCC(N2CCC[C@@H](N)C2)CC1. The fourth-order valence-corrected chi connectivity index (χ4v) is 3.29. The third-order valence-electron chi connectivity index (χ3n) is 4.40. The van der Waals surface area contributed by atoms with Crippen LogP contribution in [0.2, 0.25) is 0 Å². The molecule has 1 heterocycles. The zero-order valence-corrected chi connectivity index (χ0v) is 10.1. The molecule has 1 aliphatic carbocycles. The van der Waals surface area contributed by atoms with Crippen molar-refractivity contribution >= 4 is 0 Å². The van der Waals surface area contributed by atoms with Crippen LogP contribution in [-0.2, 0) is 0 Å². The van der Waals surface area contributed by atoms with Crippen molar-refractivity contribution in [3.05, 3.63) is 0 Å². The van der Waals surface area contributed by atoms with Gasteiger partial charge in [0.25, 0.3) is 0 Å². The van der Waals surface area contributed by atoms with Crippen LogP contribution in [0.5, 0.6) is 0 Å². The maximum absolute atomic E-state index is 6.04. The Kier molecular flexibility index (Phi) is 4.04. The smallest absolute Gasteiger partial charge is 0.0168 e. The highest BCUT2D eigenvalue weighted by molar-refractivity contribution is 4.84. The Morgan fingerprint density at radius 3 is 2.47 bits per heavy atom. The van der Waals surface area contributed by atoms with Gasteiger partial charge in [-0.05, 0) is 51.0 Å². The molecule has 1 saturated heterocycles. The summed E-state index contributed by atoms with van der Waals surface area (Å²) >= 11 is 0. The second-order valence-corrected chi connectivity index (χ2v) is 5.48. The van der Waals surface area contributed by atoms with Gasteiger partial charge in [0.1, 0.15) is 0 Å². The lowest BCUT2D eigenvalue weighted by Crippen LogP contribution is -2.48. The van der Waals surface area contributed by atoms with E-state index in [2.05, 4.69) is 11.8 Å². The first kappa shape index (κ1) is 11.4. The van der Waals surface area contributed by atoms with Crippen molar-refractivity contribution in [2.75, 3.05) is 13.1 Å². The van der Waals surface area contributed by atoms with E-state index in [1.54, 1.807) is 0 Å². The minimum absolute atomic E-state index is 0.447. The molecule has 2 aliphatic rings. The van der Waals surface area contributed by atoms with Gasteiger partial charge in [-0.1, -0.05) is 13.3 Å². The molecule has 1 atom stereocenters. The van der Waals surface area contributed by atoms with E-state index in [0.717, 1.165) is 18.5 Å². The summed E-state index contributed by atoms with van der Waals surface area (Å²) in [6.07, 6.45) is 9.68. The first-order chi connectivity index (χ1) is 7.29. The molecule has 1 aliphatic heterocycles. The van der Waals surface area contributed by atoms with Crippen molar-refractivity contribution in [2.45, 2.75) is 64.0 Å². The van der Waals surface area contributed by atoms with E-state index < -0.39 is 0 Å². The van der Waals surface area contributed by atoms with Crippen LogP contribution in [-0.4, -0.2) is 30.1 Å². The van der Waals surface area contributed by atoms with E-state index in [-0.39, 0.29) is 0 Å². The summed E-state index contributed by atoms with van der Waals surface area (Å²) < 4.78 is 0. The van der Waals surface area contributed by atoms with Crippen LogP contribution in [0.3, 0.4) is 0 Å². The summed E-state index contributed by atoms with van der Waals surface area (Å²) in [5.41, 5.74) is 6.04. The van der Waals surface area contributed by atoms with Crippen LogP contribution in [0, 0.1) is 5.92 Å². The van der Waals surface area contributed by atoms with E-state index in [4.69, 9.17) is 5.73 Å². The summed E-state index contributed by atoms with van der Waals surface area (Å²) in [4.78, 5) is 2.67. The lowest BCUT2D eigenvalue weighted by Gasteiger charge is -2.40. The van der Waals surface area contributed by atoms with Gasteiger partial charge in [0.05, 0.1) is 0 Å². The largest absolute Gasteiger partial charge is 0.327 e. The van der Waals surface area contributed by atoms with Gasteiger partial charge in [-0.15, -0.1) is 0 Å². The Morgan fingerprint density at radius 1 is 1.13 bits per heavy atom. The molecule has 2 rings (SSSR count). The highest BCUT2D eigenvalue weighted by Gasteiger charge is 2.27. The molecule has 0 radical (unpaired) electrons. The highest BCUT2D eigenvalue weighted by Crippen LogP contribution is 2.30. The molecule has 0 aromatic carbocycles. The summed E-state index contributed by atoms with van der Waals surface area (Å²) in [5.74, 6) is 1.01. The molecule has 0 aromatic heterocycles. The fraction of sp³-hybridized carbons (Fsp3) is 1.00. The molecule has 2 fully saturated rings. The summed E-state index contributed by atoms with van der Waals surface area (Å²) in [7, 11) is 0. The third kappa shape index (κ3) is 2.94. The maximum Gasteiger partial charge on any atom is 0.0168 e. The molecule has 15 heavy (non-hydrogen) atoms. The predicted molar refractivity (Wildman–Crippen MR) is 64.8 cm³/mol.